The molecule has 3 unspecified atom stereocenters. The number of hydrogen-bond donors (Lipinski definition) is 1. The van der Waals surface area contributed by atoms with Gasteiger partial charge >= 0.3 is 5.97 Å². The molecule has 1 aliphatic heterocycles. The third-order valence-electron chi connectivity index (χ3n) is 12.2. The number of piperidine rings is 1. The van der Waals surface area contributed by atoms with Crippen LogP contribution in [0.5, 0.6) is 5.75 Å². The highest BCUT2D eigenvalue weighted by atomic mass is 16.5. The Labute approximate surface area is 246 Å². The predicted molar refractivity (Wildman–Crippen MR) is 161 cm³/mol. The molecule has 41 heavy (non-hydrogen) atoms. The summed E-state index contributed by atoms with van der Waals surface area (Å²) in [5.41, 5.74) is -0.512. The van der Waals surface area contributed by atoms with Gasteiger partial charge in [0.05, 0.1) is 19.1 Å². The number of ketones is 1. The number of Topliss-reactive ketones (excluding diaryl/α,β-unsaturated/α-hetero) is 1. The van der Waals surface area contributed by atoms with E-state index in [0.29, 0.717) is 18.8 Å². The number of aliphatic hydroxyl groups excluding tert-OH is 1. The lowest BCUT2D eigenvalue weighted by Gasteiger charge is -2.61. The summed E-state index contributed by atoms with van der Waals surface area (Å²) in [6.07, 6.45) is 6.88. The van der Waals surface area contributed by atoms with E-state index in [0.717, 1.165) is 63.1 Å². The molecule has 4 aliphatic rings. The molecule has 2 bridgehead atoms. The van der Waals surface area contributed by atoms with Crippen molar-refractivity contribution >= 4 is 11.8 Å². The molecule has 1 aromatic rings. The number of likely N-dealkylation sites (tertiary alicyclic amines) is 1. The molecule has 1 saturated heterocycles. The highest BCUT2D eigenvalue weighted by Crippen LogP contribution is 2.68. The van der Waals surface area contributed by atoms with Crippen LogP contribution >= 0.6 is 0 Å². The monoisotopic (exact) mass is 565 g/mol. The highest BCUT2D eigenvalue weighted by Gasteiger charge is 2.68. The molecule has 4 fully saturated rings. The SMILES string of the molecule is C=C[C@]1(C)C[C@@H](OC(=O)Cc2ccc(OCC3CCN(C)CC3)cc2)[C@]2(C)C(C)CCC3(CCC(=O)C32)[C@@H](C)[C@@H]1O. The smallest absolute Gasteiger partial charge is 0.310 e. The average Bonchev–Trinajstić information content (AvgIpc) is 3.32. The molecule has 8 atom stereocenters. The zero-order valence-electron chi connectivity index (χ0n) is 25.9. The Morgan fingerprint density at radius 3 is 2.46 bits per heavy atom. The Bertz CT molecular complexity index is 1130. The molecule has 1 N–H and O–H groups in total. The normalized spacial score (nSPS) is 39.9. The van der Waals surface area contributed by atoms with E-state index in [1.807, 2.05) is 37.3 Å². The summed E-state index contributed by atoms with van der Waals surface area (Å²) in [4.78, 5) is 29.5. The Kier molecular flexibility index (Phi) is 8.48. The molecule has 6 heteroatoms. The molecule has 5 rings (SSSR count). The highest BCUT2D eigenvalue weighted by molar-refractivity contribution is 5.85. The fourth-order valence-corrected chi connectivity index (χ4v) is 9.01. The number of carbonyl (C=O) groups excluding carboxylic acids is 2. The van der Waals surface area contributed by atoms with Gasteiger partial charge < -0.3 is 19.5 Å². The minimum Gasteiger partial charge on any atom is -0.493 e. The lowest BCUT2D eigenvalue weighted by atomic mass is 9.44. The molecule has 1 aromatic carbocycles. The Morgan fingerprint density at radius 1 is 1.12 bits per heavy atom. The van der Waals surface area contributed by atoms with Crippen LogP contribution in [0.15, 0.2) is 36.9 Å². The first-order valence-corrected chi connectivity index (χ1v) is 15.9. The van der Waals surface area contributed by atoms with Crippen molar-refractivity contribution in [2.45, 2.75) is 91.3 Å². The van der Waals surface area contributed by atoms with Crippen molar-refractivity contribution in [3.63, 3.8) is 0 Å². The molecule has 3 aliphatic carbocycles. The van der Waals surface area contributed by atoms with Crippen molar-refractivity contribution in [3.05, 3.63) is 42.5 Å². The molecule has 0 spiro atoms. The maximum Gasteiger partial charge on any atom is 0.310 e. The second-order valence-corrected chi connectivity index (χ2v) is 14.4. The van der Waals surface area contributed by atoms with E-state index < -0.39 is 23.0 Å². The van der Waals surface area contributed by atoms with Gasteiger partial charge in [-0.15, -0.1) is 6.58 Å². The van der Waals surface area contributed by atoms with Crippen molar-refractivity contribution in [2.75, 3.05) is 26.7 Å². The Morgan fingerprint density at radius 2 is 1.80 bits per heavy atom. The topological polar surface area (TPSA) is 76.1 Å². The number of ether oxygens (including phenoxy) is 2. The van der Waals surface area contributed by atoms with Crippen LogP contribution in [0.3, 0.4) is 0 Å². The minimum atomic E-state index is -0.658. The second-order valence-electron chi connectivity index (χ2n) is 14.4. The van der Waals surface area contributed by atoms with Gasteiger partial charge in [-0.05, 0) is 99.5 Å². The summed E-state index contributed by atoms with van der Waals surface area (Å²) in [6, 6.07) is 7.77. The summed E-state index contributed by atoms with van der Waals surface area (Å²) in [7, 11) is 2.16. The first kappa shape index (κ1) is 30.3. The maximum atomic E-state index is 13.6. The van der Waals surface area contributed by atoms with Crippen molar-refractivity contribution in [1.29, 1.82) is 0 Å². The molecule has 6 nitrogen and oxygen atoms in total. The van der Waals surface area contributed by atoms with Gasteiger partial charge in [0.25, 0.3) is 0 Å². The van der Waals surface area contributed by atoms with E-state index in [1.54, 1.807) is 0 Å². The van der Waals surface area contributed by atoms with Crippen LogP contribution in [-0.4, -0.2) is 60.7 Å². The van der Waals surface area contributed by atoms with Gasteiger partial charge in [0.2, 0.25) is 0 Å². The third-order valence-corrected chi connectivity index (χ3v) is 12.2. The largest absolute Gasteiger partial charge is 0.493 e. The van der Waals surface area contributed by atoms with E-state index in [9.17, 15) is 14.7 Å². The number of aliphatic hydroxyl groups is 1. The standard InChI is InChI=1S/C35H51NO5/c1-7-33(4)21-29(34(5)23(2)12-16-35(24(3)32(33)39)17-13-28(37)31(34)35)41-30(38)20-25-8-10-27(11-9-25)40-22-26-14-18-36(6)19-15-26/h7-11,23-24,26,29,31-32,39H,1,12-22H2,2-6H3/t23?,24-,29+,31?,32-,33+,34-,35?/m0/s1. The lowest BCUT2D eigenvalue weighted by molar-refractivity contribution is -0.206. The Balaban J connectivity index is 1.32. The minimum absolute atomic E-state index is 0.0365. The van der Waals surface area contributed by atoms with Crippen LogP contribution in [0.2, 0.25) is 0 Å². The zero-order valence-corrected chi connectivity index (χ0v) is 25.9. The molecule has 0 amide bonds. The lowest BCUT2D eigenvalue weighted by Crippen LogP contribution is -2.63. The molecular formula is C35H51NO5. The van der Waals surface area contributed by atoms with Gasteiger partial charge in [0, 0.05) is 23.2 Å². The van der Waals surface area contributed by atoms with Gasteiger partial charge in [0.1, 0.15) is 17.6 Å². The number of nitrogens with zero attached hydrogens (tertiary/aromatic N) is 1. The van der Waals surface area contributed by atoms with E-state index in [4.69, 9.17) is 9.47 Å². The van der Waals surface area contributed by atoms with Gasteiger partial charge in [-0.1, -0.05) is 45.9 Å². The molecule has 1 heterocycles. The summed E-state index contributed by atoms with van der Waals surface area (Å²) >= 11 is 0. The van der Waals surface area contributed by atoms with Crippen LogP contribution in [-0.2, 0) is 20.7 Å². The number of rotatable bonds is 7. The number of hydrogen-bond acceptors (Lipinski definition) is 6. The summed E-state index contributed by atoms with van der Waals surface area (Å²) in [5, 5.41) is 11.7. The first-order valence-electron chi connectivity index (χ1n) is 15.9. The second kappa shape index (κ2) is 11.5. The van der Waals surface area contributed by atoms with Gasteiger partial charge in [-0.25, -0.2) is 0 Å². The van der Waals surface area contributed by atoms with Crippen LogP contribution < -0.4 is 4.74 Å². The maximum absolute atomic E-state index is 13.6. The van der Waals surface area contributed by atoms with Gasteiger partial charge in [-0.3, -0.25) is 9.59 Å². The van der Waals surface area contributed by atoms with Crippen molar-refractivity contribution in [3.8, 4) is 5.75 Å². The van der Waals surface area contributed by atoms with Gasteiger partial charge in [-0.2, -0.15) is 0 Å². The Hall–Kier alpha value is -2.18. The van der Waals surface area contributed by atoms with E-state index in [1.165, 1.54) is 0 Å². The summed E-state index contributed by atoms with van der Waals surface area (Å²) in [5.74, 6) is 1.36. The molecule has 3 saturated carbocycles. The number of carbonyl (C=O) groups is 2. The van der Waals surface area contributed by atoms with Crippen molar-refractivity contribution in [1.82, 2.24) is 4.90 Å². The van der Waals surface area contributed by atoms with Gasteiger partial charge in [0.15, 0.2) is 0 Å². The quantitative estimate of drug-likeness (QED) is 0.330. The zero-order chi connectivity index (χ0) is 29.6. The molecule has 0 aromatic heterocycles. The van der Waals surface area contributed by atoms with Crippen LogP contribution in [0, 0.1) is 39.9 Å². The number of benzene rings is 1. The van der Waals surface area contributed by atoms with Crippen molar-refractivity contribution < 1.29 is 24.2 Å². The van der Waals surface area contributed by atoms with Crippen LogP contribution in [0.25, 0.3) is 0 Å². The number of esters is 1. The molecular weight excluding hydrogens is 514 g/mol. The van der Waals surface area contributed by atoms with Crippen molar-refractivity contribution in [2.24, 2.45) is 39.9 Å². The summed E-state index contributed by atoms with van der Waals surface area (Å²) in [6.45, 7) is 15.6. The van der Waals surface area contributed by atoms with Crippen LogP contribution in [0.4, 0.5) is 0 Å². The fourth-order valence-electron chi connectivity index (χ4n) is 9.01. The predicted octanol–water partition coefficient (Wildman–Crippen LogP) is 5.86. The van der Waals surface area contributed by atoms with E-state index in [2.05, 4.69) is 39.3 Å². The third kappa shape index (κ3) is 5.40. The summed E-state index contributed by atoms with van der Waals surface area (Å²) < 4.78 is 12.5. The van der Waals surface area contributed by atoms with E-state index >= 15 is 0 Å². The van der Waals surface area contributed by atoms with E-state index in [-0.39, 0.29) is 41.3 Å². The molecule has 226 valence electrons. The fraction of sp³-hybridized carbons (Fsp3) is 0.714. The average molecular weight is 566 g/mol. The molecule has 0 radical (unpaired) electrons. The first-order chi connectivity index (χ1) is 19.4. The van der Waals surface area contributed by atoms with Crippen LogP contribution in [0.1, 0.15) is 78.2 Å².